The maximum atomic E-state index is 4.76. The lowest BCUT2D eigenvalue weighted by molar-refractivity contribution is 1.24. The van der Waals surface area contributed by atoms with Crippen LogP contribution >= 0.6 is 31.9 Å². The number of nitrogens with zero attached hydrogens (tertiary/aromatic N) is 3. The smallest absolute Gasteiger partial charge is 0.0849 e. The fourth-order valence-corrected chi connectivity index (χ4v) is 3.38. The van der Waals surface area contributed by atoms with E-state index >= 15 is 0 Å². The molecule has 0 aliphatic heterocycles. The number of halogens is 2. The third kappa shape index (κ3) is 5.03. The van der Waals surface area contributed by atoms with Gasteiger partial charge in [-0.25, -0.2) is 4.98 Å². The van der Waals surface area contributed by atoms with E-state index in [4.69, 9.17) is 15.0 Å². The van der Waals surface area contributed by atoms with Gasteiger partial charge in [-0.05, 0) is 75.2 Å². The molecule has 0 bridgehead atoms. The van der Waals surface area contributed by atoms with E-state index in [9.17, 15) is 0 Å². The molecule has 0 aliphatic carbocycles. The third-order valence-electron chi connectivity index (χ3n) is 4.39. The second-order valence-corrected chi connectivity index (χ2v) is 8.38. The number of pyridine rings is 1. The number of hydrogen-bond donors (Lipinski definition) is 0. The van der Waals surface area contributed by atoms with E-state index in [0.717, 1.165) is 43.1 Å². The Morgan fingerprint density at radius 1 is 0.714 bits per heavy atom. The summed E-state index contributed by atoms with van der Waals surface area (Å²) in [4.78, 5) is 14.2. The molecule has 0 aliphatic rings. The van der Waals surface area contributed by atoms with Crippen molar-refractivity contribution < 1.29 is 0 Å². The van der Waals surface area contributed by atoms with Gasteiger partial charge in [-0.15, -0.1) is 0 Å². The summed E-state index contributed by atoms with van der Waals surface area (Å²) in [6, 6.07) is 18.1. The Labute approximate surface area is 182 Å². The van der Waals surface area contributed by atoms with E-state index in [1.807, 2.05) is 56.3 Å². The largest absolute Gasteiger partial charge is 0.251 e. The first-order valence-corrected chi connectivity index (χ1v) is 10.5. The third-order valence-corrected chi connectivity index (χ3v) is 6.10. The molecule has 3 nitrogen and oxygen atoms in total. The van der Waals surface area contributed by atoms with Gasteiger partial charge in [-0.2, -0.15) is 0 Å². The van der Waals surface area contributed by atoms with Crippen LogP contribution in [0.5, 0.6) is 0 Å². The van der Waals surface area contributed by atoms with Crippen LogP contribution in [0.25, 0.3) is 0 Å². The fourth-order valence-electron chi connectivity index (χ4n) is 2.64. The van der Waals surface area contributed by atoms with E-state index < -0.39 is 0 Å². The average Bonchev–Trinajstić information content (AvgIpc) is 2.67. The fraction of sp³-hybridized carbons (Fsp3) is 0.174. The Hall–Kier alpha value is -2.11. The molecule has 142 valence electrons. The molecule has 0 amide bonds. The van der Waals surface area contributed by atoms with Gasteiger partial charge in [-0.1, -0.05) is 50.1 Å². The van der Waals surface area contributed by atoms with Crippen molar-refractivity contribution in [3.8, 4) is 0 Å². The molecule has 0 spiro atoms. The Kier molecular flexibility index (Phi) is 6.57. The van der Waals surface area contributed by atoms with Gasteiger partial charge in [0.05, 0.1) is 34.2 Å². The molecule has 1 heterocycles. The monoisotopic (exact) mass is 497 g/mol. The molecule has 0 saturated carbocycles. The summed E-state index contributed by atoms with van der Waals surface area (Å²) in [5.74, 6) is 0. The predicted molar refractivity (Wildman–Crippen MR) is 126 cm³/mol. The lowest BCUT2D eigenvalue weighted by Crippen LogP contribution is -2.05. The normalized spacial score (nSPS) is 12.4. The van der Waals surface area contributed by atoms with Crippen LogP contribution in [0, 0.1) is 13.8 Å². The van der Waals surface area contributed by atoms with E-state index in [2.05, 4.69) is 57.8 Å². The molecule has 0 atom stereocenters. The van der Waals surface area contributed by atoms with Crippen molar-refractivity contribution in [3.05, 3.63) is 86.1 Å². The highest BCUT2D eigenvalue weighted by molar-refractivity contribution is 9.10. The maximum absolute atomic E-state index is 4.76. The van der Waals surface area contributed by atoms with Gasteiger partial charge < -0.3 is 0 Å². The molecule has 5 heteroatoms. The summed E-state index contributed by atoms with van der Waals surface area (Å²) >= 11 is 7.12. The molecule has 28 heavy (non-hydrogen) atoms. The highest BCUT2D eigenvalue weighted by Crippen LogP contribution is 2.24. The zero-order valence-electron chi connectivity index (χ0n) is 16.3. The molecule has 0 radical (unpaired) electrons. The summed E-state index contributed by atoms with van der Waals surface area (Å²) in [7, 11) is 0. The summed E-state index contributed by atoms with van der Waals surface area (Å²) < 4.78 is 2.10. The first kappa shape index (κ1) is 20.6. The van der Waals surface area contributed by atoms with E-state index in [1.165, 1.54) is 11.1 Å². The summed E-state index contributed by atoms with van der Waals surface area (Å²) in [6.45, 7) is 8.07. The Bertz CT molecular complexity index is 1000. The average molecular weight is 499 g/mol. The van der Waals surface area contributed by atoms with Crippen LogP contribution in [0.15, 0.2) is 73.5 Å². The summed E-state index contributed by atoms with van der Waals surface area (Å²) in [5.41, 5.74) is 7.58. The molecule has 3 rings (SSSR count). The Morgan fingerprint density at radius 2 is 1.14 bits per heavy atom. The van der Waals surface area contributed by atoms with E-state index in [0.29, 0.717) is 0 Å². The van der Waals surface area contributed by atoms with Crippen molar-refractivity contribution in [1.82, 2.24) is 4.98 Å². The van der Waals surface area contributed by atoms with Crippen molar-refractivity contribution >= 4 is 54.7 Å². The standard InChI is InChI=1S/C23H21Br2N3/c1-14-8-10-18(12-20(14)24)26-16(3)22-6-5-7-23(28-22)17(4)27-19-11-9-15(2)21(25)13-19/h5-13H,1-4H3. The molecule has 0 unspecified atom stereocenters. The number of rotatable bonds is 4. The number of aryl methyl sites for hydroxylation is 2. The van der Waals surface area contributed by atoms with Gasteiger partial charge >= 0.3 is 0 Å². The van der Waals surface area contributed by atoms with Gasteiger partial charge in [0.15, 0.2) is 0 Å². The van der Waals surface area contributed by atoms with Crippen molar-refractivity contribution in [2.45, 2.75) is 27.7 Å². The van der Waals surface area contributed by atoms with Gasteiger partial charge in [0.25, 0.3) is 0 Å². The number of hydrogen-bond acceptors (Lipinski definition) is 3. The van der Waals surface area contributed by atoms with Gasteiger partial charge in [0.2, 0.25) is 0 Å². The topological polar surface area (TPSA) is 37.6 Å². The number of aliphatic imine (C=N–C) groups is 2. The zero-order chi connectivity index (χ0) is 20.3. The zero-order valence-corrected chi connectivity index (χ0v) is 19.5. The van der Waals surface area contributed by atoms with Crippen LogP contribution in [0.4, 0.5) is 11.4 Å². The van der Waals surface area contributed by atoms with Gasteiger partial charge in [0.1, 0.15) is 0 Å². The van der Waals surface area contributed by atoms with Crippen LogP contribution in [-0.4, -0.2) is 16.4 Å². The molecule has 3 aromatic rings. The molecular formula is C23H21Br2N3. The first-order valence-electron chi connectivity index (χ1n) is 8.94. The lowest BCUT2D eigenvalue weighted by Gasteiger charge is -2.06. The van der Waals surface area contributed by atoms with E-state index in [1.54, 1.807) is 0 Å². The minimum Gasteiger partial charge on any atom is -0.251 e. The summed E-state index contributed by atoms with van der Waals surface area (Å²) in [6.07, 6.45) is 0. The van der Waals surface area contributed by atoms with Crippen molar-refractivity contribution in [2.75, 3.05) is 0 Å². The number of benzene rings is 2. The quantitative estimate of drug-likeness (QED) is 0.343. The van der Waals surface area contributed by atoms with Crippen LogP contribution in [0.2, 0.25) is 0 Å². The van der Waals surface area contributed by atoms with Crippen LogP contribution < -0.4 is 0 Å². The van der Waals surface area contributed by atoms with Crippen molar-refractivity contribution in [1.29, 1.82) is 0 Å². The molecule has 0 saturated heterocycles. The molecule has 0 N–H and O–H groups in total. The number of aromatic nitrogens is 1. The Morgan fingerprint density at radius 3 is 1.54 bits per heavy atom. The van der Waals surface area contributed by atoms with Gasteiger partial charge in [-0.3, -0.25) is 9.98 Å². The van der Waals surface area contributed by atoms with Gasteiger partial charge in [0, 0.05) is 8.95 Å². The molecule has 1 aromatic heterocycles. The molecular weight excluding hydrogens is 478 g/mol. The second-order valence-electron chi connectivity index (χ2n) is 6.67. The summed E-state index contributed by atoms with van der Waals surface area (Å²) in [5, 5.41) is 0. The van der Waals surface area contributed by atoms with Crippen LogP contribution in [-0.2, 0) is 0 Å². The van der Waals surface area contributed by atoms with Crippen molar-refractivity contribution in [3.63, 3.8) is 0 Å². The lowest BCUT2D eigenvalue weighted by atomic mass is 10.2. The highest BCUT2D eigenvalue weighted by atomic mass is 79.9. The minimum absolute atomic E-state index is 0.842. The maximum Gasteiger partial charge on any atom is 0.0849 e. The van der Waals surface area contributed by atoms with Crippen LogP contribution in [0.1, 0.15) is 36.4 Å². The van der Waals surface area contributed by atoms with Crippen molar-refractivity contribution in [2.24, 2.45) is 9.98 Å². The predicted octanol–water partition coefficient (Wildman–Crippen LogP) is 7.50. The highest BCUT2D eigenvalue weighted by Gasteiger charge is 2.06. The second kappa shape index (κ2) is 8.93. The van der Waals surface area contributed by atoms with E-state index in [-0.39, 0.29) is 0 Å². The molecule has 0 fully saturated rings. The molecule has 2 aromatic carbocycles. The van der Waals surface area contributed by atoms with Crippen LogP contribution in [0.3, 0.4) is 0 Å². The Balaban J connectivity index is 1.90. The first-order chi connectivity index (χ1) is 13.3. The minimum atomic E-state index is 0.842. The SMILES string of the molecule is CC(=Nc1ccc(C)c(Br)c1)c1cccc(C(C)=Nc2ccc(C)c(Br)c2)n1.